The maximum atomic E-state index is 12.8. The summed E-state index contributed by atoms with van der Waals surface area (Å²) < 4.78 is 39.3. The molecule has 0 aromatic heterocycles. The molecule has 0 bridgehead atoms. The molecule has 3 rings (SSSR count). The fraction of sp³-hybridized carbons (Fsp3) is 0.500. The van der Waals surface area contributed by atoms with Crippen molar-refractivity contribution in [1.82, 2.24) is 9.80 Å². The molecular formula is C26H38N4O4S. The van der Waals surface area contributed by atoms with Crippen molar-refractivity contribution in [1.29, 1.82) is 0 Å². The van der Waals surface area contributed by atoms with E-state index in [4.69, 9.17) is 9.47 Å². The highest BCUT2D eigenvalue weighted by Gasteiger charge is 2.14. The zero-order chi connectivity index (χ0) is 24.9. The van der Waals surface area contributed by atoms with E-state index in [-0.39, 0.29) is 4.90 Å². The first-order valence-electron chi connectivity index (χ1n) is 12.4. The molecule has 0 radical (unpaired) electrons. The molecule has 0 atom stereocenters. The van der Waals surface area contributed by atoms with Gasteiger partial charge in [-0.2, -0.15) is 0 Å². The Hall–Kier alpha value is -2.46. The van der Waals surface area contributed by atoms with Gasteiger partial charge in [0.25, 0.3) is 10.0 Å². The molecule has 0 aliphatic carbocycles. The van der Waals surface area contributed by atoms with Crippen LogP contribution in [0, 0.1) is 0 Å². The van der Waals surface area contributed by atoms with E-state index in [0.717, 1.165) is 71.0 Å². The summed E-state index contributed by atoms with van der Waals surface area (Å²) in [5.74, 6) is 0.716. The summed E-state index contributed by atoms with van der Waals surface area (Å²) in [6.45, 7) is 13.0. The topological polar surface area (TPSA) is 83.5 Å². The second-order valence-electron chi connectivity index (χ2n) is 8.42. The normalized spacial score (nSPS) is 15.1. The fourth-order valence-corrected chi connectivity index (χ4v) is 4.84. The molecule has 1 fully saturated rings. The first-order chi connectivity index (χ1) is 17.0. The van der Waals surface area contributed by atoms with Crippen LogP contribution in [0.5, 0.6) is 5.75 Å². The SMILES string of the molecule is CCN(CC)CCOc1ccc(NS(=O)(=O)c2ccc(/C=N/CCCN3CCOCC3)cc2)cc1. The van der Waals surface area contributed by atoms with Gasteiger partial charge in [-0.1, -0.05) is 26.0 Å². The third-order valence-electron chi connectivity index (χ3n) is 5.97. The monoisotopic (exact) mass is 502 g/mol. The molecule has 9 heteroatoms. The van der Waals surface area contributed by atoms with Crippen molar-refractivity contribution in [3.8, 4) is 5.75 Å². The zero-order valence-corrected chi connectivity index (χ0v) is 21.7. The van der Waals surface area contributed by atoms with Crippen LogP contribution in [-0.2, 0) is 14.8 Å². The largest absolute Gasteiger partial charge is 0.492 e. The first-order valence-corrected chi connectivity index (χ1v) is 13.9. The van der Waals surface area contributed by atoms with Crippen LogP contribution < -0.4 is 9.46 Å². The van der Waals surface area contributed by atoms with Crippen molar-refractivity contribution in [2.24, 2.45) is 4.99 Å². The quantitative estimate of drug-likeness (QED) is 0.315. The maximum Gasteiger partial charge on any atom is 0.261 e. The van der Waals surface area contributed by atoms with Crippen LogP contribution in [0.25, 0.3) is 0 Å². The lowest BCUT2D eigenvalue weighted by Gasteiger charge is -2.26. The molecule has 8 nitrogen and oxygen atoms in total. The van der Waals surface area contributed by atoms with Crippen LogP contribution >= 0.6 is 0 Å². The van der Waals surface area contributed by atoms with E-state index in [2.05, 4.69) is 33.4 Å². The summed E-state index contributed by atoms with van der Waals surface area (Å²) in [6, 6.07) is 13.7. The number of rotatable bonds is 14. The number of nitrogens with zero attached hydrogens (tertiary/aromatic N) is 3. The highest BCUT2D eigenvalue weighted by atomic mass is 32.2. The van der Waals surface area contributed by atoms with Crippen molar-refractivity contribution in [2.75, 3.05) is 70.4 Å². The predicted octanol–water partition coefficient (Wildman–Crippen LogP) is 3.35. The number of hydrogen-bond acceptors (Lipinski definition) is 7. The molecule has 2 aromatic rings. The number of hydrogen-bond donors (Lipinski definition) is 1. The van der Waals surface area contributed by atoms with E-state index in [9.17, 15) is 8.42 Å². The van der Waals surface area contributed by atoms with Gasteiger partial charge in [-0.3, -0.25) is 14.6 Å². The van der Waals surface area contributed by atoms with Crippen molar-refractivity contribution in [3.63, 3.8) is 0 Å². The average molecular weight is 503 g/mol. The van der Waals surface area contributed by atoms with Crippen LogP contribution in [0.15, 0.2) is 58.4 Å². The lowest BCUT2D eigenvalue weighted by Crippen LogP contribution is -2.37. The van der Waals surface area contributed by atoms with Crippen LogP contribution in [0.2, 0.25) is 0 Å². The molecular weight excluding hydrogens is 464 g/mol. The van der Waals surface area contributed by atoms with Crippen LogP contribution in [0.3, 0.4) is 0 Å². The minimum Gasteiger partial charge on any atom is -0.492 e. The molecule has 0 unspecified atom stereocenters. The lowest BCUT2D eigenvalue weighted by molar-refractivity contribution is 0.0377. The van der Waals surface area contributed by atoms with Gasteiger partial charge in [0, 0.05) is 44.6 Å². The Kier molecular flexibility index (Phi) is 11.0. The van der Waals surface area contributed by atoms with Crippen molar-refractivity contribution >= 4 is 21.9 Å². The van der Waals surface area contributed by atoms with Crippen LogP contribution in [-0.4, -0.2) is 90.1 Å². The summed E-state index contributed by atoms with van der Waals surface area (Å²) >= 11 is 0. The van der Waals surface area contributed by atoms with Gasteiger partial charge < -0.3 is 14.4 Å². The van der Waals surface area contributed by atoms with E-state index in [1.54, 1.807) is 54.7 Å². The molecule has 1 heterocycles. The van der Waals surface area contributed by atoms with Gasteiger partial charge in [0.1, 0.15) is 12.4 Å². The molecule has 192 valence electrons. The minimum absolute atomic E-state index is 0.210. The number of benzene rings is 2. The predicted molar refractivity (Wildman–Crippen MR) is 141 cm³/mol. The smallest absolute Gasteiger partial charge is 0.261 e. The highest BCUT2D eigenvalue weighted by molar-refractivity contribution is 7.92. The Bertz CT molecular complexity index is 1000. The van der Waals surface area contributed by atoms with Gasteiger partial charge in [0.05, 0.1) is 18.1 Å². The van der Waals surface area contributed by atoms with Gasteiger partial charge in [0.15, 0.2) is 0 Å². The molecule has 1 aliphatic rings. The van der Waals surface area contributed by atoms with E-state index in [0.29, 0.717) is 18.0 Å². The first kappa shape index (κ1) is 27.1. The van der Waals surface area contributed by atoms with E-state index in [1.165, 1.54) is 0 Å². The number of anilines is 1. The van der Waals surface area contributed by atoms with Crippen LogP contribution in [0.1, 0.15) is 25.8 Å². The standard InChI is InChI=1S/C26H38N4O4S/c1-3-29(4-2)18-21-34-25-10-8-24(9-11-25)28-35(31,32)26-12-6-23(7-13-26)22-27-14-5-15-30-16-19-33-20-17-30/h6-13,22,28H,3-5,14-21H2,1-2H3/b27-22+. The van der Waals surface area contributed by atoms with Gasteiger partial charge in [-0.15, -0.1) is 0 Å². The zero-order valence-electron chi connectivity index (χ0n) is 20.9. The number of nitrogens with one attached hydrogen (secondary N) is 1. The van der Waals surface area contributed by atoms with Crippen molar-refractivity contribution in [3.05, 3.63) is 54.1 Å². The van der Waals surface area contributed by atoms with E-state index >= 15 is 0 Å². The third-order valence-corrected chi connectivity index (χ3v) is 7.37. The number of morpholine rings is 1. The Morgan fingerprint density at radius 1 is 1.06 bits per heavy atom. The molecule has 1 saturated heterocycles. The Labute approximate surface area is 210 Å². The van der Waals surface area contributed by atoms with Crippen molar-refractivity contribution < 1.29 is 17.9 Å². The van der Waals surface area contributed by atoms with Gasteiger partial charge in [0.2, 0.25) is 0 Å². The summed E-state index contributed by atoms with van der Waals surface area (Å²) in [7, 11) is -3.68. The van der Waals surface area contributed by atoms with E-state index < -0.39 is 10.0 Å². The number of likely N-dealkylation sites (N-methyl/N-ethyl adjacent to an activating group) is 1. The lowest BCUT2D eigenvalue weighted by atomic mass is 10.2. The molecule has 1 N–H and O–H groups in total. The summed E-state index contributed by atoms with van der Waals surface area (Å²) in [5, 5.41) is 0. The summed E-state index contributed by atoms with van der Waals surface area (Å²) in [4.78, 5) is 9.35. The number of aliphatic imine (C=N–C) groups is 1. The number of sulfonamides is 1. The van der Waals surface area contributed by atoms with E-state index in [1.807, 2.05) is 0 Å². The molecule has 0 saturated carbocycles. The average Bonchev–Trinajstić information content (AvgIpc) is 2.88. The Morgan fingerprint density at radius 3 is 2.40 bits per heavy atom. The van der Waals surface area contributed by atoms with Crippen LogP contribution in [0.4, 0.5) is 5.69 Å². The molecule has 2 aromatic carbocycles. The van der Waals surface area contributed by atoms with Gasteiger partial charge >= 0.3 is 0 Å². The molecule has 0 amide bonds. The third kappa shape index (κ3) is 9.25. The maximum absolute atomic E-state index is 12.8. The summed E-state index contributed by atoms with van der Waals surface area (Å²) in [5.41, 5.74) is 1.37. The highest BCUT2D eigenvalue weighted by Crippen LogP contribution is 2.20. The van der Waals surface area contributed by atoms with Crippen molar-refractivity contribution in [2.45, 2.75) is 25.2 Å². The molecule has 35 heavy (non-hydrogen) atoms. The second-order valence-corrected chi connectivity index (χ2v) is 10.1. The van der Waals surface area contributed by atoms with Gasteiger partial charge in [-0.25, -0.2) is 8.42 Å². The number of ether oxygens (including phenoxy) is 2. The second kappa shape index (κ2) is 14.2. The summed E-state index contributed by atoms with van der Waals surface area (Å²) in [6.07, 6.45) is 2.79. The minimum atomic E-state index is -3.68. The Balaban J connectivity index is 1.45. The molecule has 1 aliphatic heterocycles. The molecule has 0 spiro atoms. The fourth-order valence-electron chi connectivity index (χ4n) is 3.78. The Morgan fingerprint density at radius 2 is 1.74 bits per heavy atom. The van der Waals surface area contributed by atoms with Gasteiger partial charge in [-0.05, 0) is 61.5 Å².